The van der Waals surface area contributed by atoms with E-state index in [0.29, 0.717) is 11.1 Å². The van der Waals surface area contributed by atoms with Gasteiger partial charge in [-0.3, -0.25) is 4.79 Å². The minimum absolute atomic E-state index is 0.0525. The Labute approximate surface area is 114 Å². The van der Waals surface area contributed by atoms with E-state index in [0.717, 1.165) is 18.4 Å². The molecule has 1 aliphatic carbocycles. The molecular weight excluding hydrogens is 260 g/mol. The molecule has 0 aliphatic heterocycles. The van der Waals surface area contributed by atoms with Crippen LogP contribution < -0.4 is 5.32 Å². The Morgan fingerprint density at radius 2 is 2.20 bits per heavy atom. The zero-order valence-corrected chi connectivity index (χ0v) is 10.9. The summed E-state index contributed by atoms with van der Waals surface area (Å²) in [5.74, 6) is -1.32. The van der Waals surface area contributed by atoms with Crippen molar-refractivity contribution in [2.45, 2.75) is 18.9 Å². The van der Waals surface area contributed by atoms with Crippen molar-refractivity contribution in [2.75, 3.05) is 0 Å². The highest BCUT2D eigenvalue weighted by molar-refractivity contribution is 5.99. The van der Waals surface area contributed by atoms with Crippen molar-refractivity contribution in [1.82, 2.24) is 20.3 Å². The summed E-state index contributed by atoms with van der Waals surface area (Å²) in [6, 6.07) is 4.20. The average molecular weight is 274 g/mol. The summed E-state index contributed by atoms with van der Waals surface area (Å²) in [6.07, 6.45) is 1.70. The van der Waals surface area contributed by atoms with E-state index < -0.39 is 17.9 Å². The highest BCUT2D eigenvalue weighted by Crippen LogP contribution is 2.32. The Hall–Kier alpha value is -2.44. The van der Waals surface area contributed by atoms with Gasteiger partial charge in [-0.2, -0.15) is 0 Å². The lowest BCUT2D eigenvalue weighted by molar-refractivity contribution is -0.139. The molecule has 20 heavy (non-hydrogen) atoms. The van der Waals surface area contributed by atoms with Gasteiger partial charge in [-0.1, -0.05) is 5.21 Å². The predicted molar refractivity (Wildman–Crippen MR) is 70.1 cm³/mol. The first-order valence-electron chi connectivity index (χ1n) is 6.39. The quantitative estimate of drug-likeness (QED) is 0.849. The van der Waals surface area contributed by atoms with Crippen LogP contribution in [0.3, 0.4) is 0 Å². The first-order valence-corrected chi connectivity index (χ1v) is 6.39. The number of carboxylic acid groups (broad SMARTS) is 1. The lowest BCUT2D eigenvalue weighted by Crippen LogP contribution is -2.42. The minimum Gasteiger partial charge on any atom is -0.480 e. The molecule has 104 valence electrons. The average Bonchev–Trinajstić information content (AvgIpc) is 3.19. The van der Waals surface area contributed by atoms with Crippen molar-refractivity contribution in [1.29, 1.82) is 0 Å². The van der Waals surface area contributed by atoms with Gasteiger partial charge < -0.3 is 10.4 Å². The number of nitrogens with zero attached hydrogens (tertiary/aromatic N) is 3. The Morgan fingerprint density at radius 1 is 1.45 bits per heavy atom. The van der Waals surface area contributed by atoms with Crippen LogP contribution in [-0.4, -0.2) is 38.0 Å². The van der Waals surface area contributed by atoms with Crippen molar-refractivity contribution in [3.05, 3.63) is 23.8 Å². The zero-order valence-electron chi connectivity index (χ0n) is 10.9. The van der Waals surface area contributed by atoms with Gasteiger partial charge in [-0.25, -0.2) is 9.48 Å². The van der Waals surface area contributed by atoms with Crippen LogP contribution in [0.25, 0.3) is 11.0 Å². The normalized spacial score (nSPS) is 16.1. The van der Waals surface area contributed by atoms with Crippen LogP contribution in [0.4, 0.5) is 0 Å². The molecule has 7 nitrogen and oxygen atoms in total. The van der Waals surface area contributed by atoms with Crippen molar-refractivity contribution in [2.24, 2.45) is 13.0 Å². The Balaban J connectivity index is 1.82. The maximum Gasteiger partial charge on any atom is 0.326 e. The van der Waals surface area contributed by atoms with E-state index in [1.54, 1.807) is 29.9 Å². The van der Waals surface area contributed by atoms with Gasteiger partial charge in [0, 0.05) is 12.6 Å². The Kier molecular flexibility index (Phi) is 2.89. The zero-order chi connectivity index (χ0) is 14.3. The number of nitrogens with one attached hydrogen (secondary N) is 1. The molecule has 1 atom stereocenters. The monoisotopic (exact) mass is 274 g/mol. The van der Waals surface area contributed by atoms with Crippen molar-refractivity contribution in [3.8, 4) is 0 Å². The van der Waals surface area contributed by atoms with E-state index in [2.05, 4.69) is 15.6 Å². The van der Waals surface area contributed by atoms with Gasteiger partial charge in [0.05, 0.1) is 5.52 Å². The van der Waals surface area contributed by atoms with Crippen molar-refractivity contribution < 1.29 is 14.7 Å². The molecule has 2 aromatic rings. The molecule has 1 amide bonds. The number of carbonyl (C=O) groups is 2. The van der Waals surface area contributed by atoms with E-state index in [1.807, 2.05) is 0 Å². The Bertz CT molecular complexity index is 690. The van der Waals surface area contributed by atoms with Gasteiger partial charge in [-0.15, -0.1) is 5.10 Å². The second-order valence-corrected chi connectivity index (χ2v) is 5.04. The maximum atomic E-state index is 12.1. The first kappa shape index (κ1) is 12.6. The van der Waals surface area contributed by atoms with Crippen LogP contribution in [0.5, 0.6) is 0 Å². The van der Waals surface area contributed by atoms with Crippen LogP contribution in [0.1, 0.15) is 23.2 Å². The molecule has 1 aliphatic rings. The number of benzene rings is 1. The first-order chi connectivity index (χ1) is 9.56. The van der Waals surface area contributed by atoms with E-state index in [-0.39, 0.29) is 5.92 Å². The highest BCUT2D eigenvalue weighted by Gasteiger charge is 2.37. The van der Waals surface area contributed by atoms with Crippen LogP contribution in [0.15, 0.2) is 18.2 Å². The van der Waals surface area contributed by atoms with Gasteiger partial charge in [-0.05, 0) is 37.0 Å². The number of aryl methyl sites for hydroxylation is 1. The number of hydrogen-bond acceptors (Lipinski definition) is 4. The summed E-state index contributed by atoms with van der Waals surface area (Å²) in [6.45, 7) is 0. The van der Waals surface area contributed by atoms with Gasteiger partial charge in [0.15, 0.2) is 0 Å². The summed E-state index contributed by atoms with van der Waals surface area (Å²) in [7, 11) is 1.77. The number of rotatable bonds is 4. The summed E-state index contributed by atoms with van der Waals surface area (Å²) in [5, 5.41) is 19.5. The summed E-state index contributed by atoms with van der Waals surface area (Å²) in [4.78, 5) is 23.2. The van der Waals surface area contributed by atoms with E-state index >= 15 is 0 Å². The van der Waals surface area contributed by atoms with Gasteiger partial charge in [0.1, 0.15) is 11.6 Å². The maximum absolute atomic E-state index is 12.1. The predicted octanol–water partition coefficient (Wildman–Crippen LogP) is 0.561. The van der Waals surface area contributed by atoms with E-state index in [1.165, 1.54) is 0 Å². The molecule has 3 rings (SSSR count). The molecule has 1 heterocycles. The number of aromatic nitrogens is 3. The van der Waals surface area contributed by atoms with E-state index in [4.69, 9.17) is 5.11 Å². The molecule has 1 fully saturated rings. The fraction of sp³-hybridized carbons (Fsp3) is 0.385. The van der Waals surface area contributed by atoms with Crippen LogP contribution in [0.2, 0.25) is 0 Å². The highest BCUT2D eigenvalue weighted by atomic mass is 16.4. The molecular formula is C13H14N4O3. The number of aliphatic carboxylic acids is 1. The SMILES string of the molecule is Cn1nnc2cc(C(=O)NC(C(=O)O)C3CC3)ccc21. The molecule has 0 bridgehead atoms. The molecule has 0 radical (unpaired) electrons. The molecule has 0 saturated heterocycles. The Morgan fingerprint density at radius 3 is 2.85 bits per heavy atom. The standard InChI is InChI=1S/C13H14N4O3/c1-17-10-5-4-8(6-9(10)15-16-17)12(18)14-11(13(19)20)7-2-3-7/h4-7,11H,2-3H2,1H3,(H,14,18)(H,19,20). The van der Waals surface area contributed by atoms with Crippen molar-refractivity contribution >= 4 is 22.9 Å². The third kappa shape index (κ3) is 2.22. The molecule has 0 spiro atoms. The third-order valence-corrected chi connectivity index (χ3v) is 3.52. The second-order valence-electron chi connectivity index (χ2n) is 5.04. The molecule has 1 aromatic carbocycles. The number of fused-ring (bicyclic) bond motifs is 1. The van der Waals surface area contributed by atoms with E-state index in [9.17, 15) is 9.59 Å². The van der Waals surface area contributed by atoms with Crippen molar-refractivity contribution in [3.63, 3.8) is 0 Å². The minimum atomic E-state index is -0.985. The number of carboxylic acids is 1. The lowest BCUT2D eigenvalue weighted by Gasteiger charge is -2.13. The third-order valence-electron chi connectivity index (χ3n) is 3.52. The molecule has 7 heteroatoms. The van der Waals surface area contributed by atoms with Crippen LogP contribution >= 0.6 is 0 Å². The molecule has 1 unspecified atom stereocenters. The van der Waals surface area contributed by atoms with Gasteiger partial charge >= 0.3 is 5.97 Å². The molecule has 1 aromatic heterocycles. The largest absolute Gasteiger partial charge is 0.480 e. The fourth-order valence-corrected chi connectivity index (χ4v) is 2.22. The number of carbonyl (C=O) groups excluding carboxylic acids is 1. The molecule has 1 saturated carbocycles. The summed E-state index contributed by atoms with van der Waals surface area (Å²) < 4.78 is 1.61. The fourth-order valence-electron chi connectivity index (χ4n) is 2.22. The summed E-state index contributed by atoms with van der Waals surface area (Å²) >= 11 is 0. The topological polar surface area (TPSA) is 97.1 Å². The van der Waals surface area contributed by atoms with Gasteiger partial charge in [0.2, 0.25) is 0 Å². The number of amides is 1. The van der Waals surface area contributed by atoms with Gasteiger partial charge in [0.25, 0.3) is 5.91 Å². The van der Waals surface area contributed by atoms with Crippen LogP contribution in [0, 0.1) is 5.92 Å². The smallest absolute Gasteiger partial charge is 0.326 e. The second kappa shape index (κ2) is 4.59. The lowest BCUT2D eigenvalue weighted by atomic mass is 10.1. The summed E-state index contributed by atoms with van der Waals surface area (Å²) in [5.41, 5.74) is 1.82. The number of hydrogen-bond donors (Lipinski definition) is 2. The van der Waals surface area contributed by atoms with Crippen LogP contribution in [-0.2, 0) is 11.8 Å². The molecule has 2 N–H and O–H groups in total.